The van der Waals surface area contributed by atoms with Crippen molar-refractivity contribution in [3.05, 3.63) is 30.1 Å². The highest BCUT2D eigenvalue weighted by Gasteiger charge is 2.14. The van der Waals surface area contributed by atoms with E-state index in [1.807, 2.05) is 6.92 Å². The molecule has 1 saturated carbocycles. The zero-order valence-corrected chi connectivity index (χ0v) is 17.0. The van der Waals surface area contributed by atoms with Crippen LogP contribution in [0.1, 0.15) is 39.0 Å². The Hall–Kier alpha value is -1.09. The van der Waals surface area contributed by atoms with Gasteiger partial charge in [-0.25, -0.2) is 4.39 Å². The van der Waals surface area contributed by atoms with E-state index in [9.17, 15) is 9.50 Å². The van der Waals surface area contributed by atoms with Crippen LogP contribution in [0.25, 0.3) is 0 Å². The number of hydrogen-bond donors (Lipinski definition) is 3. The number of hydrogen-bond acceptors (Lipinski definition) is 3. The molecule has 7 heteroatoms. The van der Waals surface area contributed by atoms with Gasteiger partial charge in [-0.3, -0.25) is 4.99 Å². The molecule has 5 nitrogen and oxygen atoms in total. The van der Waals surface area contributed by atoms with Crippen molar-refractivity contribution in [2.45, 2.75) is 51.2 Å². The maximum absolute atomic E-state index is 12.8. The van der Waals surface area contributed by atoms with E-state index in [0.29, 0.717) is 11.8 Å². The van der Waals surface area contributed by atoms with Gasteiger partial charge in [0, 0.05) is 12.6 Å². The summed E-state index contributed by atoms with van der Waals surface area (Å²) in [5, 5.41) is 16.7. The minimum Gasteiger partial charge on any atom is -0.491 e. The Bertz CT molecular complexity index is 508. The normalized spacial score (nSPS) is 16.7. The molecule has 0 amide bonds. The predicted molar refractivity (Wildman–Crippen MR) is 109 cm³/mol. The molecule has 0 spiro atoms. The monoisotopic (exact) mass is 465 g/mol. The molecule has 1 unspecified atom stereocenters. The molecule has 1 aliphatic rings. The van der Waals surface area contributed by atoms with Gasteiger partial charge in [0.15, 0.2) is 5.96 Å². The Morgan fingerprint density at radius 3 is 2.60 bits per heavy atom. The highest BCUT2D eigenvalue weighted by Crippen LogP contribution is 2.17. The Labute approximate surface area is 166 Å². The Kier molecular flexibility index (Phi) is 10.8. The van der Waals surface area contributed by atoms with Gasteiger partial charge in [0.05, 0.1) is 6.54 Å². The lowest BCUT2D eigenvalue weighted by molar-refractivity contribution is 0.114. The summed E-state index contributed by atoms with van der Waals surface area (Å²) in [4.78, 5) is 4.44. The Morgan fingerprint density at radius 2 is 1.96 bits per heavy atom. The Balaban J connectivity index is 0.00000312. The van der Waals surface area contributed by atoms with Crippen LogP contribution in [-0.2, 0) is 0 Å². The van der Waals surface area contributed by atoms with E-state index in [-0.39, 0.29) is 42.9 Å². The first-order chi connectivity index (χ1) is 11.7. The molecule has 0 aromatic heterocycles. The van der Waals surface area contributed by atoms with Gasteiger partial charge in [-0.05, 0) is 44.0 Å². The summed E-state index contributed by atoms with van der Waals surface area (Å²) in [7, 11) is 0. The Morgan fingerprint density at radius 1 is 1.28 bits per heavy atom. The van der Waals surface area contributed by atoms with E-state index in [1.165, 1.54) is 44.2 Å². The number of nitrogens with zero attached hydrogens (tertiary/aromatic N) is 1. The second-order valence-electron chi connectivity index (χ2n) is 6.12. The van der Waals surface area contributed by atoms with Crippen molar-refractivity contribution in [1.82, 2.24) is 10.6 Å². The van der Waals surface area contributed by atoms with Crippen LogP contribution in [0.15, 0.2) is 29.3 Å². The van der Waals surface area contributed by atoms with Gasteiger partial charge in [0.1, 0.15) is 24.3 Å². The minimum atomic E-state index is -0.711. The molecule has 0 bridgehead atoms. The van der Waals surface area contributed by atoms with Crippen LogP contribution in [0.2, 0.25) is 0 Å². The number of aliphatic hydroxyl groups is 1. The number of aliphatic hydroxyl groups excluding tert-OH is 1. The van der Waals surface area contributed by atoms with Crippen molar-refractivity contribution in [3.63, 3.8) is 0 Å². The first kappa shape index (κ1) is 22.0. The largest absolute Gasteiger partial charge is 0.491 e. The van der Waals surface area contributed by atoms with Gasteiger partial charge >= 0.3 is 0 Å². The number of nitrogens with one attached hydrogen (secondary N) is 2. The average Bonchev–Trinajstić information content (AvgIpc) is 2.60. The van der Waals surface area contributed by atoms with Crippen molar-refractivity contribution < 1.29 is 14.2 Å². The lowest BCUT2D eigenvalue weighted by Crippen LogP contribution is -2.44. The second kappa shape index (κ2) is 12.3. The molecule has 0 heterocycles. The van der Waals surface area contributed by atoms with Crippen molar-refractivity contribution in [3.8, 4) is 5.75 Å². The summed E-state index contributed by atoms with van der Waals surface area (Å²) in [6.07, 6.45) is 5.44. The number of ether oxygens (including phenoxy) is 1. The molecule has 1 aromatic carbocycles. The van der Waals surface area contributed by atoms with Crippen molar-refractivity contribution in [1.29, 1.82) is 0 Å². The summed E-state index contributed by atoms with van der Waals surface area (Å²) in [6.45, 7) is 3.17. The fourth-order valence-corrected chi connectivity index (χ4v) is 2.73. The quantitative estimate of drug-likeness (QED) is 0.329. The lowest BCUT2D eigenvalue weighted by atomic mass is 9.96. The maximum Gasteiger partial charge on any atom is 0.191 e. The third-order valence-electron chi connectivity index (χ3n) is 4.01. The topological polar surface area (TPSA) is 65.9 Å². The second-order valence-corrected chi connectivity index (χ2v) is 6.12. The van der Waals surface area contributed by atoms with Crippen LogP contribution >= 0.6 is 24.0 Å². The highest BCUT2D eigenvalue weighted by molar-refractivity contribution is 14.0. The van der Waals surface area contributed by atoms with Gasteiger partial charge in [0.25, 0.3) is 0 Å². The number of guanidine groups is 1. The summed E-state index contributed by atoms with van der Waals surface area (Å²) < 4.78 is 18.3. The van der Waals surface area contributed by atoms with Crippen LogP contribution in [0.3, 0.4) is 0 Å². The maximum atomic E-state index is 12.8. The predicted octanol–water partition coefficient (Wildman–Crippen LogP) is 3.07. The zero-order valence-electron chi connectivity index (χ0n) is 14.7. The van der Waals surface area contributed by atoms with E-state index < -0.39 is 6.10 Å². The molecule has 1 aromatic rings. The van der Waals surface area contributed by atoms with Gasteiger partial charge in [-0.2, -0.15) is 0 Å². The molecular formula is C18H29FIN3O2. The molecule has 2 rings (SSSR count). The minimum absolute atomic E-state index is 0. The van der Waals surface area contributed by atoms with Crippen LogP contribution in [0.4, 0.5) is 4.39 Å². The number of rotatable bonds is 7. The van der Waals surface area contributed by atoms with Gasteiger partial charge in [-0.1, -0.05) is 19.3 Å². The van der Waals surface area contributed by atoms with E-state index in [1.54, 1.807) is 12.1 Å². The van der Waals surface area contributed by atoms with E-state index >= 15 is 0 Å². The first-order valence-electron chi connectivity index (χ1n) is 8.78. The fourth-order valence-electron chi connectivity index (χ4n) is 2.73. The molecule has 0 saturated heterocycles. The van der Waals surface area contributed by atoms with Gasteiger partial charge in [-0.15, -0.1) is 24.0 Å². The molecule has 1 aliphatic carbocycles. The van der Waals surface area contributed by atoms with Crippen LogP contribution in [-0.4, -0.2) is 42.9 Å². The molecule has 1 atom stereocenters. The van der Waals surface area contributed by atoms with Crippen LogP contribution < -0.4 is 15.4 Å². The number of aliphatic imine (C=N–C) groups is 1. The highest BCUT2D eigenvalue weighted by atomic mass is 127. The molecule has 0 aliphatic heterocycles. The first-order valence-corrected chi connectivity index (χ1v) is 8.78. The van der Waals surface area contributed by atoms with Crippen molar-refractivity contribution >= 4 is 29.9 Å². The lowest BCUT2D eigenvalue weighted by Gasteiger charge is -2.25. The smallest absolute Gasteiger partial charge is 0.191 e. The van der Waals surface area contributed by atoms with Gasteiger partial charge < -0.3 is 20.5 Å². The molecular weight excluding hydrogens is 436 g/mol. The fraction of sp³-hybridized carbons (Fsp3) is 0.611. The zero-order chi connectivity index (χ0) is 17.2. The standard InChI is InChI=1S/C18H28FN3O2.HI/c1-2-20-18(22-15-6-4-3-5-7-15)21-12-16(23)13-24-17-10-8-14(19)9-11-17;/h8-11,15-16,23H,2-7,12-13H2,1H3,(H2,20,21,22);1H. The van der Waals surface area contributed by atoms with Crippen molar-refractivity contribution in [2.75, 3.05) is 19.7 Å². The summed E-state index contributed by atoms with van der Waals surface area (Å²) in [6, 6.07) is 6.21. The summed E-state index contributed by atoms with van der Waals surface area (Å²) in [5.74, 6) is 0.966. The summed E-state index contributed by atoms with van der Waals surface area (Å²) in [5.41, 5.74) is 0. The van der Waals surface area contributed by atoms with Crippen LogP contribution in [0, 0.1) is 5.82 Å². The third kappa shape index (κ3) is 8.71. The van der Waals surface area contributed by atoms with Crippen LogP contribution in [0.5, 0.6) is 5.75 Å². The number of halogens is 2. The number of benzene rings is 1. The van der Waals surface area contributed by atoms with Crippen molar-refractivity contribution in [2.24, 2.45) is 4.99 Å². The molecule has 142 valence electrons. The van der Waals surface area contributed by atoms with E-state index in [2.05, 4.69) is 15.6 Å². The third-order valence-corrected chi connectivity index (χ3v) is 4.01. The molecule has 1 fully saturated rings. The SMILES string of the molecule is CCNC(=NCC(O)COc1ccc(F)cc1)NC1CCCCC1.I. The van der Waals surface area contributed by atoms with E-state index in [4.69, 9.17) is 4.74 Å². The van der Waals surface area contributed by atoms with E-state index in [0.717, 1.165) is 12.5 Å². The average molecular weight is 465 g/mol. The molecule has 3 N–H and O–H groups in total. The van der Waals surface area contributed by atoms with Gasteiger partial charge in [0.2, 0.25) is 0 Å². The molecule has 0 radical (unpaired) electrons. The molecule has 25 heavy (non-hydrogen) atoms. The summed E-state index contributed by atoms with van der Waals surface area (Å²) >= 11 is 0.